The summed E-state index contributed by atoms with van der Waals surface area (Å²) < 4.78 is 11.0. The molecule has 5 nitrogen and oxygen atoms in total. The minimum absolute atomic E-state index is 0.0675. The molecule has 0 saturated carbocycles. The Labute approximate surface area is 152 Å². The van der Waals surface area contributed by atoms with Gasteiger partial charge in [-0.3, -0.25) is 9.69 Å². The predicted octanol–water partition coefficient (Wildman–Crippen LogP) is 3.58. The number of carbonyl (C=O) groups excluding carboxylic acids is 1. The van der Waals surface area contributed by atoms with E-state index in [9.17, 15) is 4.79 Å². The van der Waals surface area contributed by atoms with Crippen LogP contribution in [0.4, 0.5) is 0 Å². The first-order chi connectivity index (χ1) is 12.2. The van der Waals surface area contributed by atoms with Crippen molar-refractivity contribution in [2.24, 2.45) is 0 Å². The van der Waals surface area contributed by atoms with Gasteiger partial charge in [0, 0.05) is 11.4 Å². The Morgan fingerprint density at radius 3 is 2.80 bits per heavy atom. The molecule has 1 saturated heterocycles. The maximum absolute atomic E-state index is 12.7. The average molecular weight is 360 g/mol. The van der Waals surface area contributed by atoms with Crippen molar-refractivity contribution in [3.8, 4) is 5.75 Å². The number of nitrogens with one attached hydrogen (secondary N) is 1. The van der Waals surface area contributed by atoms with Gasteiger partial charge in [0.25, 0.3) is 5.91 Å². The quantitative estimate of drug-likeness (QED) is 0.765. The minimum atomic E-state index is -0.125. The Morgan fingerprint density at radius 2 is 2.16 bits per heavy atom. The molecule has 1 atom stereocenters. The standard InChI is InChI=1S/C19H24N2O3S/c1-23-18-12-14(25-2)7-8-15(18)19(22)20-13-16(17-6-5-11-24-17)21-9-3-4-10-21/h5-8,11-12,16H,3-4,9-10,13H2,1-2H3,(H,20,22)/t16-/m0/s1. The first-order valence-electron chi connectivity index (χ1n) is 8.50. The van der Waals surface area contributed by atoms with Crippen molar-refractivity contribution < 1.29 is 13.9 Å². The van der Waals surface area contributed by atoms with Gasteiger partial charge in [0.2, 0.25) is 0 Å². The van der Waals surface area contributed by atoms with Crippen LogP contribution in [-0.4, -0.2) is 43.8 Å². The van der Waals surface area contributed by atoms with Crippen LogP contribution in [0.25, 0.3) is 0 Å². The van der Waals surface area contributed by atoms with Gasteiger partial charge in [-0.15, -0.1) is 11.8 Å². The number of carbonyl (C=O) groups is 1. The fourth-order valence-electron chi connectivity index (χ4n) is 3.21. The van der Waals surface area contributed by atoms with Gasteiger partial charge < -0.3 is 14.5 Å². The van der Waals surface area contributed by atoms with Crippen molar-refractivity contribution >= 4 is 17.7 Å². The molecule has 2 aromatic rings. The second kappa shape index (κ2) is 8.45. The van der Waals surface area contributed by atoms with Crippen LogP contribution in [0.1, 0.15) is 35.0 Å². The SMILES string of the molecule is COc1cc(SC)ccc1C(=O)NC[C@@H](c1ccco1)N1CCCC1. The normalized spacial score (nSPS) is 15.9. The molecule has 6 heteroatoms. The van der Waals surface area contributed by atoms with Crippen molar-refractivity contribution in [2.75, 3.05) is 33.0 Å². The molecular weight excluding hydrogens is 336 g/mol. The zero-order chi connectivity index (χ0) is 17.6. The molecule has 134 valence electrons. The third kappa shape index (κ3) is 4.19. The van der Waals surface area contributed by atoms with E-state index in [1.54, 1.807) is 25.1 Å². The Hall–Kier alpha value is -1.92. The highest BCUT2D eigenvalue weighted by molar-refractivity contribution is 7.98. The highest BCUT2D eigenvalue weighted by atomic mass is 32.2. The molecule has 1 aliphatic heterocycles. The van der Waals surface area contributed by atoms with Gasteiger partial charge in [0.1, 0.15) is 11.5 Å². The van der Waals surface area contributed by atoms with E-state index in [0.717, 1.165) is 23.7 Å². The number of hydrogen-bond donors (Lipinski definition) is 1. The smallest absolute Gasteiger partial charge is 0.255 e. The number of likely N-dealkylation sites (tertiary alicyclic amines) is 1. The van der Waals surface area contributed by atoms with Gasteiger partial charge >= 0.3 is 0 Å². The van der Waals surface area contributed by atoms with Crippen LogP contribution < -0.4 is 10.1 Å². The summed E-state index contributed by atoms with van der Waals surface area (Å²) in [7, 11) is 1.59. The number of thioether (sulfide) groups is 1. The van der Waals surface area contributed by atoms with E-state index in [0.29, 0.717) is 17.9 Å². The molecule has 0 bridgehead atoms. The Morgan fingerprint density at radius 1 is 1.36 bits per heavy atom. The predicted molar refractivity (Wildman–Crippen MR) is 99.4 cm³/mol. The molecule has 0 aliphatic carbocycles. The molecule has 0 radical (unpaired) electrons. The lowest BCUT2D eigenvalue weighted by molar-refractivity contribution is 0.0930. The van der Waals surface area contributed by atoms with E-state index >= 15 is 0 Å². The molecule has 1 N–H and O–H groups in total. The van der Waals surface area contributed by atoms with E-state index in [1.165, 1.54) is 12.8 Å². The number of nitrogens with zero attached hydrogens (tertiary/aromatic N) is 1. The monoisotopic (exact) mass is 360 g/mol. The maximum atomic E-state index is 12.7. The van der Waals surface area contributed by atoms with Crippen molar-refractivity contribution in [3.63, 3.8) is 0 Å². The van der Waals surface area contributed by atoms with Crippen LogP contribution >= 0.6 is 11.8 Å². The number of rotatable bonds is 7. The van der Waals surface area contributed by atoms with E-state index in [4.69, 9.17) is 9.15 Å². The molecule has 3 rings (SSSR count). The Kier molecular flexibility index (Phi) is 6.04. The van der Waals surface area contributed by atoms with E-state index in [-0.39, 0.29) is 11.9 Å². The van der Waals surface area contributed by atoms with E-state index in [1.807, 2.05) is 36.6 Å². The van der Waals surface area contributed by atoms with Crippen molar-refractivity contribution in [1.82, 2.24) is 10.2 Å². The lowest BCUT2D eigenvalue weighted by Crippen LogP contribution is -2.36. The zero-order valence-corrected chi connectivity index (χ0v) is 15.5. The summed E-state index contributed by atoms with van der Waals surface area (Å²) in [6, 6.07) is 9.58. The molecule has 0 spiro atoms. The lowest BCUT2D eigenvalue weighted by atomic mass is 10.1. The zero-order valence-electron chi connectivity index (χ0n) is 14.7. The largest absolute Gasteiger partial charge is 0.496 e. The topological polar surface area (TPSA) is 54.7 Å². The highest BCUT2D eigenvalue weighted by Gasteiger charge is 2.26. The van der Waals surface area contributed by atoms with Gasteiger partial charge in [-0.2, -0.15) is 0 Å². The average Bonchev–Trinajstić information content (AvgIpc) is 3.35. The van der Waals surface area contributed by atoms with Crippen LogP contribution in [-0.2, 0) is 0 Å². The summed E-state index contributed by atoms with van der Waals surface area (Å²) in [4.78, 5) is 16.1. The number of hydrogen-bond acceptors (Lipinski definition) is 5. The molecule has 1 fully saturated rings. The summed E-state index contributed by atoms with van der Waals surface area (Å²) in [5, 5.41) is 3.05. The van der Waals surface area contributed by atoms with Crippen LogP contribution in [0.5, 0.6) is 5.75 Å². The Balaban J connectivity index is 1.71. The number of furan rings is 1. The van der Waals surface area contributed by atoms with E-state index in [2.05, 4.69) is 10.2 Å². The number of methoxy groups -OCH3 is 1. The third-order valence-electron chi connectivity index (χ3n) is 4.56. The highest BCUT2D eigenvalue weighted by Crippen LogP contribution is 2.27. The van der Waals surface area contributed by atoms with Gasteiger partial charge in [0.05, 0.1) is 25.0 Å². The molecule has 1 aromatic heterocycles. The fraction of sp³-hybridized carbons (Fsp3) is 0.421. The van der Waals surface area contributed by atoms with Crippen LogP contribution in [0.3, 0.4) is 0 Å². The summed E-state index contributed by atoms with van der Waals surface area (Å²) >= 11 is 1.62. The number of ether oxygens (including phenoxy) is 1. The number of amides is 1. The second-order valence-corrected chi connectivity index (χ2v) is 6.93. The van der Waals surface area contributed by atoms with Crippen molar-refractivity contribution in [3.05, 3.63) is 47.9 Å². The fourth-order valence-corrected chi connectivity index (χ4v) is 3.64. The lowest BCUT2D eigenvalue weighted by Gasteiger charge is -2.26. The summed E-state index contributed by atoms with van der Waals surface area (Å²) in [6.07, 6.45) is 6.06. The molecule has 2 heterocycles. The first-order valence-corrected chi connectivity index (χ1v) is 9.73. The minimum Gasteiger partial charge on any atom is -0.496 e. The molecule has 1 aliphatic rings. The van der Waals surface area contributed by atoms with E-state index < -0.39 is 0 Å². The Bertz CT molecular complexity index is 697. The molecule has 1 aromatic carbocycles. The molecule has 1 amide bonds. The van der Waals surface area contributed by atoms with Crippen LogP contribution in [0.15, 0.2) is 45.9 Å². The second-order valence-electron chi connectivity index (χ2n) is 6.05. The molecular formula is C19H24N2O3S. The van der Waals surface area contributed by atoms with Gasteiger partial charge in [-0.1, -0.05) is 0 Å². The summed E-state index contributed by atoms with van der Waals surface area (Å²) in [5.74, 6) is 1.37. The van der Waals surface area contributed by atoms with Crippen molar-refractivity contribution in [1.29, 1.82) is 0 Å². The molecule has 0 unspecified atom stereocenters. The van der Waals surface area contributed by atoms with Crippen LogP contribution in [0, 0.1) is 0 Å². The van der Waals surface area contributed by atoms with Gasteiger partial charge in [-0.05, 0) is 62.5 Å². The first kappa shape index (κ1) is 17.9. The summed E-state index contributed by atoms with van der Waals surface area (Å²) in [6.45, 7) is 2.58. The van der Waals surface area contributed by atoms with Gasteiger partial charge in [0.15, 0.2) is 0 Å². The number of benzene rings is 1. The van der Waals surface area contributed by atoms with Crippen LogP contribution in [0.2, 0.25) is 0 Å². The molecule has 25 heavy (non-hydrogen) atoms. The van der Waals surface area contributed by atoms with Gasteiger partial charge in [-0.25, -0.2) is 0 Å². The maximum Gasteiger partial charge on any atom is 0.255 e. The van der Waals surface area contributed by atoms with Crippen molar-refractivity contribution in [2.45, 2.75) is 23.8 Å². The third-order valence-corrected chi connectivity index (χ3v) is 5.29. The summed E-state index contributed by atoms with van der Waals surface area (Å²) in [5.41, 5.74) is 0.555.